The highest BCUT2D eigenvalue weighted by Gasteiger charge is 2.48. The average molecular weight is 620 g/mol. The fourth-order valence-electron chi connectivity index (χ4n) is 5.47. The van der Waals surface area contributed by atoms with Crippen molar-refractivity contribution < 1.29 is 35.9 Å². The van der Waals surface area contributed by atoms with Gasteiger partial charge in [-0.2, -0.15) is 26.3 Å². The minimum Gasteiger partial charge on any atom is -0.292 e. The molecular formula is C31H24ClF6N3O2. The molecule has 0 aliphatic carbocycles. The van der Waals surface area contributed by atoms with E-state index in [-0.39, 0.29) is 31.1 Å². The van der Waals surface area contributed by atoms with Crippen molar-refractivity contribution in [2.45, 2.75) is 43.6 Å². The number of Topliss-reactive ketones (excluding diaryl/α,β-unsaturated/α-hetero) is 1. The Bertz CT molecular complexity index is 1640. The standard InChI is InChI=1S/C31H24ClF6N3O2/c32-24-9-7-19(8-10-24)18-29(27(42)21-15-22(30(33,34)35)17-23(16-21)31(36,37)38)12-3-4-14-41(29)40-28(43)26-25-6-2-1-5-20(25)11-13-39-26/h1-2,5-11,13,15-17H,3-4,12,14,18H2,(H,40,43)/t29-/m1/s1. The Hall–Kier alpha value is -3.96. The number of nitrogens with one attached hydrogen (secondary N) is 1. The van der Waals surface area contributed by atoms with Crippen molar-refractivity contribution in [3.05, 3.63) is 112 Å². The Kier molecular flexibility index (Phi) is 8.24. The van der Waals surface area contributed by atoms with Gasteiger partial charge in [0, 0.05) is 35.1 Å². The molecule has 0 radical (unpaired) electrons. The van der Waals surface area contributed by atoms with Crippen molar-refractivity contribution >= 4 is 34.1 Å². The first-order chi connectivity index (χ1) is 20.3. The van der Waals surface area contributed by atoms with E-state index >= 15 is 0 Å². The number of nitrogens with zero attached hydrogens (tertiary/aromatic N) is 2. The van der Waals surface area contributed by atoms with Crippen LogP contribution >= 0.6 is 11.6 Å². The number of pyridine rings is 1. The van der Waals surface area contributed by atoms with Crippen LogP contribution in [0.15, 0.2) is 79.0 Å². The summed E-state index contributed by atoms with van der Waals surface area (Å²) in [6, 6.07) is 15.9. The van der Waals surface area contributed by atoms with Crippen molar-refractivity contribution in [2.24, 2.45) is 0 Å². The summed E-state index contributed by atoms with van der Waals surface area (Å²) < 4.78 is 82.3. The minimum absolute atomic E-state index is 0.0186. The second kappa shape index (κ2) is 11.6. The first-order valence-corrected chi connectivity index (χ1v) is 13.7. The van der Waals surface area contributed by atoms with Gasteiger partial charge in [-0.1, -0.05) is 48.0 Å². The number of fused-ring (bicyclic) bond motifs is 1. The van der Waals surface area contributed by atoms with Gasteiger partial charge in [0.1, 0.15) is 11.2 Å². The molecule has 12 heteroatoms. The molecule has 1 saturated heterocycles. The first kappa shape index (κ1) is 30.5. The Morgan fingerprint density at radius 2 is 1.53 bits per heavy atom. The van der Waals surface area contributed by atoms with Gasteiger partial charge in [-0.15, -0.1) is 0 Å². The number of aromatic nitrogens is 1. The fourth-order valence-corrected chi connectivity index (χ4v) is 5.60. The predicted molar refractivity (Wildman–Crippen MR) is 148 cm³/mol. The van der Waals surface area contributed by atoms with Crippen LogP contribution in [0.1, 0.15) is 56.8 Å². The molecule has 0 spiro atoms. The van der Waals surface area contributed by atoms with Crippen molar-refractivity contribution in [2.75, 3.05) is 6.54 Å². The van der Waals surface area contributed by atoms with E-state index in [1.54, 1.807) is 54.6 Å². The van der Waals surface area contributed by atoms with Crippen molar-refractivity contribution in [3.63, 3.8) is 0 Å². The molecule has 1 aliphatic heterocycles. The summed E-state index contributed by atoms with van der Waals surface area (Å²) in [5, 5.41) is 3.00. The number of carbonyl (C=O) groups is 2. The van der Waals surface area contributed by atoms with Gasteiger partial charge < -0.3 is 0 Å². The van der Waals surface area contributed by atoms with E-state index in [2.05, 4.69) is 10.4 Å². The predicted octanol–water partition coefficient (Wildman–Crippen LogP) is 7.92. The van der Waals surface area contributed by atoms with Crippen molar-refractivity contribution in [3.8, 4) is 0 Å². The maximum Gasteiger partial charge on any atom is 0.416 e. The molecule has 5 rings (SSSR count). The molecule has 3 aromatic carbocycles. The summed E-state index contributed by atoms with van der Waals surface area (Å²) in [5.41, 5.74) is -2.35. The molecule has 1 N–H and O–H groups in total. The second-order valence-electron chi connectivity index (χ2n) is 10.4. The van der Waals surface area contributed by atoms with E-state index in [1.165, 1.54) is 11.2 Å². The summed E-state index contributed by atoms with van der Waals surface area (Å²) in [4.78, 5) is 32.1. The number of carbonyl (C=O) groups excluding carboxylic acids is 2. The van der Waals surface area contributed by atoms with Crippen LogP contribution in [-0.4, -0.2) is 33.8 Å². The molecule has 4 aromatic rings. The van der Waals surface area contributed by atoms with Gasteiger partial charge in [0.05, 0.1) is 11.1 Å². The number of hydrogen-bond donors (Lipinski definition) is 1. The first-order valence-electron chi connectivity index (χ1n) is 13.3. The van der Waals surface area contributed by atoms with Gasteiger partial charge in [-0.3, -0.25) is 20.0 Å². The van der Waals surface area contributed by atoms with Crippen molar-refractivity contribution in [1.29, 1.82) is 0 Å². The van der Waals surface area contributed by atoms with E-state index in [9.17, 15) is 35.9 Å². The molecule has 1 fully saturated rings. The smallest absolute Gasteiger partial charge is 0.292 e. The third-order valence-electron chi connectivity index (χ3n) is 7.55. The van der Waals surface area contributed by atoms with Crippen LogP contribution in [0.2, 0.25) is 5.02 Å². The van der Waals surface area contributed by atoms with Crippen LogP contribution in [0.4, 0.5) is 26.3 Å². The zero-order valence-corrected chi connectivity index (χ0v) is 23.2. The van der Waals surface area contributed by atoms with E-state index in [4.69, 9.17) is 11.6 Å². The quantitative estimate of drug-likeness (QED) is 0.176. The third-order valence-corrected chi connectivity index (χ3v) is 7.80. The Labute approximate surface area is 247 Å². The summed E-state index contributed by atoms with van der Waals surface area (Å²) in [6.07, 6.45) is -7.96. The number of alkyl halides is 6. The largest absolute Gasteiger partial charge is 0.416 e. The lowest BCUT2D eigenvalue weighted by Gasteiger charge is -2.46. The molecule has 0 bridgehead atoms. The average Bonchev–Trinajstić information content (AvgIpc) is 2.97. The highest BCUT2D eigenvalue weighted by Crippen LogP contribution is 2.40. The summed E-state index contributed by atoms with van der Waals surface area (Å²) in [7, 11) is 0. The van der Waals surface area contributed by atoms with E-state index in [0.717, 1.165) is 5.39 Å². The monoisotopic (exact) mass is 619 g/mol. The van der Waals surface area contributed by atoms with Crippen LogP contribution in [0, 0.1) is 0 Å². The SMILES string of the molecule is O=C(NN1CCCC[C@@]1(Cc1ccc(Cl)cc1)C(=O)c1cc(C(F)(F)F)cc(C(F)(F)F)c1)c1nccc2ccccc12. The Morgan fingerprint density at radius 1 is 0.884 bits per heavy atom. The second-order valence-corrected chi connectivity index (χ2v) is 10.8. The van der Waals surface area contributed by atoms with Crippen LogP contribution in [-0.2, 0) is 18.8 Å². The van der Waals surface area contributed by atoms with E-state index in [0.29, 0.717) is 40.9 Å². The van der Waals surface area contributed by atoms with Gasteiger partial charge >= 0.3 is 12.4 Å². The summed E-state index contributed by atoms with van der Waals surface area (Å²) >= 11 is 6.03. The lowest BCUT2D eigenvalue weighted by Crippen LogP contribution is -2.64. The third kappa shape index (κ3) is 6.37. The van der Waals surface area contributed by atoms with Crippen LogP contribution in [0.3, 0.4) is 0 Å². The molecule has 1 atom stereocenters. The van der Waals surface area contributed by atoms with Crippen LogP contribution < -0.4 is 5.43 Å². The van der Waals surface area contributed by atoms with Gasteiger partial charge in [0.2, 0.25) is 0 Å². The number of benzene rings is 3. The maximum absolute atomic E-state index is 14.3. The number of rotatable bonds is 6. The number of ketones is 1. The fraction of sp³-hybridized carbons (Fsp3) is 0.258. The van der Waals surface area contributed by atoms with Gasteiger partial charge in [-0.25, -0.2) is 5.01 Å². The van der Waals surface area contributed by atoms with Gasteiger partial charge in [0.15, 0.2) is 5.78 Å². The number of halogens is 7. The minimum atomic E-state index is -5.14. The summed E-state index contributed by atoms with van der Waals surface area (Å²) in [5.74, 6) is -1.66. The number of hydrazine groups is 1. The van der Waals surface area contributed by atoms with Gasteiger partial charge in [0.25, 0.3) is 5.91 Å². The molecule has 1 amide bonds. The maximum atomic E-state index is 14.3. The van der Waals surface area contributed by atoms with Gasteiger partial charge in [-0.05, 0) is 66.6 Å². The molecular weight excluding hydrogens is 596 g/mol. The molecule has 1 aliphatic rings. The lowest BCUT2D eigenvalue weighted by atomic mass is 9.76. The normalized spacial score (nSPS) is 18.0. The van der Waals surface area contributed by atoms with E-state index < -0.39 is 46.3 Å². The van der Waals surface area contributed by atoms with Crippen LogP contribution in [0.25, 0.3) is 10.8 Å². The number of piperidine rings is 1. The summed E-state index contributed by atoms with van der Waals surface area (Å²) in [6.45, 7) is 0.112. The van der Waals surface area contributed by atoms with Crippen LogP contribution in [0.5, 0.6) is 0 Å². The Balaban J connectivity index is 1.63. The molecule has 0 saturated carbocycles. The number of hydrogen-bond acceptors (Lipinski definition) is 4. The van der Waals surface area contributed by atoms with Crippen molar-refractivity contribution in [1.82, 2.24) is 15.4 Å². The molecule has 5 nitrogen and oxygen atoms in total. The molecule has 0 unspecified atom stereocenters. The lowest BCUT2D eigenvalue weighted by molar-refractivity contribution is -0.143. The zero-order valence-electron chi connectivity index (χ0n) is 22.4. The zero-order chi connectivity index (χ0) is 31.0. The van der Waals surface area contributed by atoms with E-state index in [1.807, 2.05) is 0 Å². The highest BCUT2D eigenvalue weighted by molar-refractivity contribution is 6.30. The Morgan fingerprint density at radius 3 is 2.19 bits per heavy atom. The highest BCUT2D eigenvalue weighted by atomic mass is 35.5. The number of amides is 1. The molecule has 2 heterocycles. The molecule has 224 valence electrons. The molecule has 1 aromatic heterocycles. The topological polar surface area (TPSA) is 62.3 Å². The molecule has 43 heavy (non-hydrogen) atoms.